The summed E-state index contributed by atoms with van der Waals surface area (Å²) >= 11 is 0. The molecule has 0 saturated carbocycles. The van der Waals surface area contributed by atoms with E-state index < -0.39 is 10.9 Å². The van der Waals surface area contributed by atoms with E-state index in [1.165, 1.54) is 0 Å². The Balaban J connectivity index is 3.07. The summed E-state index contributed by atoms with van der Waals surface area (Å²) in [5, 5.41) is 22.8. The molecule has 8 heteroatoms. The van der Waals surface area contributed by atoms with Gasteiger partial charge in [-0.05, 0) is 11.6 Å². The summed E-state index contributed by atoms with van der Waals surface area (Å²) in [7, 11) is 0. The number of carboxylic acid groups (broad SMARTS) is 1. The molecular weight excluding hydrogens is 252 g/mol. The van der Waals surface area contributed by atoms with Crippen molar-refractivity contribution in [1.82, 2.24) is 0 Å². The molecule has 0 unspecified atom stereocenters. The molecule has 1 N–H and O–H groups in total. The van der Waals surface area contributed by atoms with Crippen molar-refractivity contribution in [3.63, 3.8) is 0 Å². The van der Waals surface area contributed by atoms with Crippen molar-refractivity contribution in [2.24, 2.45) is 5.11 Å². The van der Waals surface area contributed by atoms with Gasteiger partial charge in [-0.3, -0.25) is 10.1 Å². The molecule has 8 nitrogen and oxygen atoms in total. The number of azide groups is 1. The van der Waals surface area contributed by atoms with Crippen LogP contribution >= 0.6 is 0 Å². The fraction of sp³-hybridized carbons (Fsp3) is 0.182. The van der Waals surface area contributed by atoms with Gasteiger partial charge in [0.1, 0.15) is 0 Å². The predicted molar refractivity (Wildman–Crippen MR) is 65.6 cm³/mol. The van der Waals surface area contributed by atoms with Crippen LogP contribution in [-0.4, -0.2) is 22.5 Å². The lowest BCUT2D eigenvalue weighted by Crippen LogP contribution is -2.01. The van der Waals surface area contributed by atoms with E-state index in [4.69, 9.17) is 10.6 Å². The van der Waals surface area contributed by atoms with E-state index in [1.54, 1.807) is 0 Å². The van der Waals surface area contributed by atoms with Crippen molar-refractivity contribution in [3.8, 4) is 11.8 Å². The summed E-state index contributed by atoms with van der Waals surface area (Å²) < 4.78 is 0. The van der Waals surface area contributed by atoms with Crippen LogP contribution in [0.25, 0.3) is 10.4 Å². The van der Waals surface area contributed by atoms with Gasteiger partial charge in [-0.1, -0.05) is 17.0 Å². The number of carbonyl (C=O) groups is 1. The molecule has 1 aromatic carbocycles. The summed E-state index contributed by atoms with van der Waals surface area (Å²) in [6, 6.07) is 3.34. The van der Waals surface area contributed by atoms with E-state index in [9.17, 15) is 14.9 Å². The van der Waals surface area contributed by atoms with E-state index in [1.807, 2.05) is 0 Å². The maximum atomic E-state index is 10.9. The van der Waals surface area contributed by atoms with Gasteiger partial charge in [0.2, 0.25) is 0 Å². The van der Waals surface area contributed by atoms with E-state index in [2.05, 4.69) is 21.9 Å². The quantitative estimate of drug-likeness (QED) is 0.169. The Hall–Kier alpha value is -3.04. The average Bonchev–Trinajstić information content (AvgIpc) is 2.38. The molecular formula is C11H8N4O4. The maximum Gasteiger partial charge on any atom is 0.336 e. The molecule has 0 aliphatic heterocycles. The molecule has 1 rings (SSSR count). The average molecular weight is 260 g/mol. The number of benzene rings is 1. The van der Waals surface area contributed by atoms with Gasteiger partial charge in [0, 0.05) is 35.6 Å². The molecule has 0 saturated heterocycles. The molecule has 0 atom stereocenters. The van der Waals surface area contributed by atoms with E-state index in [0.717, 1.165) is 18.2 Å². The first-order chi connectivity index (χ1) is 9.06. The number of hydrogen-bond acceptors (Lipinski definition) is 4. The van der Waals surface area contributed by atoms with Crippen molar-refractivity contribution in [2.75, 3.05) is 6.54 Å². The highest BCUT2D eigenvalue weighted by molar-refractivity contribution is 5.91. The van der Waals surface area contributed by atoms with Crippen LogP contribution < -0.4 is 0 Å². The Morgan fingerprint density at radius 2 is 2.32 bits per heavy atom. The van der Waals surface area contributed by atoms with Crippen LogP contribution in [0.5, 0.6) is 0 Å². The van der Waals surface area contributed by atoms with Gasteiger partial charge < -0.3 is 5.11 Å². The van der Waals surface area contributed by atoms with E-state index >= 15 is 0 Å². The molecule has 19 heavy (non-hydrogen) atoms. The number of nitro groups is 1. The van der Waals surface area contributed by atoms with Crippen molar-refractivity contribution >= 4 is 11.7 Å². The third kappa shape index (κ3) is 4.03. The fourth-order valence-corrected chi connectivity index (χ4v) is 1.24. The van der Waals surface area contributed by atoms with Gasteiger partial charge >= 0.3 is 5.97 Å². The molecule has 0 aliphatic rings. The van der Waals surface area contributed by atoms with Crippen molar-refractivity contribution in [1.29, 1.82) is 0 Å². The Morgan fingerprint density at radius 1 is 1.58 bits per heavy atom. The summed E-state index contributed by atoms with van der Waals surface area (Å²) in [5.74, 6) is 3.91. The first-order valence-corrected chi connectivity index (χ1v) is 5.07. The monoisotopic (exact) mass is 260 g/mol. The number of non-ortho nitro benzene ring substituents is 1. The summed E-state index contributed by atoms with van der Waals surface area (Å²) in [5.41, 5.74) is 7.77. The minimum atomic E-state index is -1.21. The van der Waals surface area contributed by atoms with Gasteiger partial charge in [0.05, 0.1) is 10.5 Å². The van der Waals surface area contributed by atoms with Crippen LogP contribution in [0, 0.1) is 22.0 Å². The predicted octanol–water partition coefficient (Wildman–Crippen LogP) is 2.34. The van der Waals surface area contributed by atoms with Crippen molar-refractivity contribution in [3.05, 3.63) is 49.9 Å². The van der Waals surface area contributed by atoms with Gasteiger partial charge in [0.15, 0.2) is 0 Å². The Bertz CT molecular complexity index is 623. The number of aromatic carboxylic acids is 1. The number of carboxylic acids is 1. The Morgan fingerprint density at radius 3 is 2.89 bits per heavy atom. The topological polar surface area (TPSA) is 129 Å². The first-order valence-electron chi connectivity index (χ1n) is 5.07. The second-order valence-corrected chi connectivity index (χ2v) is 3.30. The van der Waals surface area contributed by atoms with E-state index in [0.29, 0.717) is 0 Å². The zero-order valence-corrected chi connectivity index (χ0v) is 9.61. The largest absolute Gasteiger partial charge is 0.478 e. The number of rotatable bonds is 4. The molecule has 0 spiro atoms. The first kappa shape index (κ1) is 14.0. The van der Waals surface area contributed by atoms with Gasteiger partial charge in [-0.2, -0.15) is 0 Å². The van der Waals surface area contributed by atoms with Gasteiger partial charge in [0.25, 0.3) is 5.69 Å². The van der Waals surface area contributed by atoms with Gasteiger partial charge in [-0.25, -0.2) is 4.79 Å². The van der Waals surface area contributed by atoms with Crippen molar-refractivity contribution in [2.45, 2.75) is 6.42 Å². The standard InChI is InChI=1S/C11H8N4O4/c12-14-13-6-2-1-3-8-7-9(15(18)19)4-5-10(8)11(16)17/h4-5,7H,2,6H2,(H,16,17). The zero-order chi connectivity index (χ0) is 14.3. The summed E-state index contributed by atoms with van der Waals surface area (Å²) in [6.07, 6.45) is 0.242. The fourth-order valence-electron chi connectivity index (χ4n) is 1.24. The summed E-state index contributed by atoms with van der Waals surface area (Å²) in [4.78, 5) is 23.4. The van der Waals surface area contributed by atoms with Crippen LogP contribution in [0.1, 0.15) is 22.3 Å². The zero-order valence-electron chi connectivity index (χ0n) is 9.61. The van der Waals surface area contributed by atoms with Gasteiger partial charge in [-0.15, -0.1) is 0 Å². The SMILES string of the molecule is [N-]=[N+]=NCCC#Cc1cc([N+](=O)[O-])ccc1C(=O)O. The molecule has 0 fully saturated rings. The highest BCUT2D eigenvalue weighted by Gasteiger charge is 2.13. The third-order valence-corrected chi connectivity index (χ3v) is 2.07. The Labute approximate surface area is 107 Å². The maximum absolute atomic E-state index is 10.9. The highest BCUT2D eigenvalue weighted by atomic mass is 16.6. The minimum absolute atomic E-state index is 0.0580. The molecule has 1 aromatic rings. The molecule has 96 valence electrons. The van der Waals surface area contributed by atoms with Crippen LogP contribution in [0.2, 0.25) is 0 Å². The van der Waals surface area contributed by atoms with Crippen LogP contribution in [-0.2, 0) is 0 Å². The molecule has 0 heterocycles. The molecule has 0 aromatic heterocycles. The lowest BCUT2D eigenvalue weighted by molar-refractivity contribution is -0.384. The summed E-state index contributed by atoms with van der Waals surface area (Å²) in [6.45, 7) is 0.154. The van der Waals surface area contributed by atoms with Crippen LogP contribution in [0.15, 0.2) is 23.3 Å². The lowest BCUT2D eigenvalue weighted by atomic mass is 10.1. The normalized spacial score (nSPS) is 8.84. The van der Waals surface area contributed by atoms with E-state index in [-0.39, 0.29) is 29.8 Å². The second-order valence-electron chi connectivity index (χ2n) is 3.30. The second kappa shape index (κ2) is 6.64. The van der Waals surface area contributed by atoms with Crippen molar-refractivity contribution < 1.29 is 14.8 Å². The highest BCUT2D eigenvalue weighted by Crippen LogP contribution is 2.17. The lowest BCUT2D eigenvalue weighted by Gasteiger charge is -1.98. The molecule has 0 aliphatic carbocycles. The third-order valence-electron chi connectivity index (χ3n) is 2.07. The smallest absolute Gasteiger partial charge is 0.336 e. The van der Waals surface area contributed by atoms with Crippen LogP contribution in [0.3, 0.4) is 0 Å². The molecule has 0 bridgehead atoms. The number of hydrogen-bond donors (Lipinski definition) is 1. The number of nitro benzene ring substituents is 1. The van der Waals surface area contributed by atoms with Crippen LogP contribution in [0.4, 0.5) is 5.69 Å². The number of nitrogens with zero attached hydrogens (tertiary/aromatic N) is 4. The molecule has 0 radical (unpaired) electrons. The Kier molecular flexibility index (Phi) is 4.90. The molecule has 0 amide bonds. The minimum Gasteiger partial charge on any atom is -0.478 e.